The number of rotatable bonds is 3. The van der Waals surface area contributed by atoms with Crippen molar-refractivity contribution < 1.29 is 0 Å². The van der Waals surface area contributed by atoms with Crippen LogP contribution in [0, 0.1) is 11.8 Å². The highest BCUT2D eigenvalue weighted by Gasteiger charge is 2.26. The first-order valence-electron chi connectivity index (χ1n) is 5.61. The third kappa shape index (κ3) is 2.02. The molecule has 0 atom stereocenters. The number of nitrogens with zero attached hydrogens (tertiary/aromatic N) is 1. The third-order valence-electron chi connectivity index (χ3n) is 2.93. The Morgan fingerprint density at radius 1 is 1.21 bits per heavy atom. The third-order valence-corrected chi connectivity index (χ3v) is 2.93. The van der Waals surface area contributed by atoms with Crippen molar-refractivity contribution in [2.75, 3.05) is 6.54 Å². The molecule has 0 saturated heterocycles. The molecule has 0 saturated carbocycles. The van der Waals surface area contributed by atoms with Crippen molar-refractivity contribution in [2.45, 2.75) is 41.0 Å². The highest BCUT2D eigenvalue weighted by atomic mass is 15.2. The number of hydrogen-bond donors (Lipinski definition) is 0. The van der Waals surface area contributed by atoms with Crippen LogP contribution in [0.1, 0.15) is 41.0 Å². The Morgan fingerprint density at radius 3 is 2.14 bits per heavy atom. The van der Waals surface area contributed by atoms with E-state index in [-0.39, 0.29) is 0 Å². The van der Waals surface area contributed by atoms with Crippen LogP contribution in [0.4, 0.5) is 0 Å². The Kier molecular flexibility index (Phi) is 3.41. The van der Waals surface area contributed by atoms with E-state index in [2.05, 4.69) is 46.1 Å². The van der Waals surface area contributed by atoms with Crippen LogP contribution in [-0.4, -0.2) is 11.4 Å². The molecule has 0 amide bonds. The van der Waals surface area contributed by atoms with Gasteiger partial charge in [-0.05, 0) is 30.8 Å². The van der Waals surface area contributed by atoms with Crippen LogP contribution < -0.4 is 0 Å². The second kappa shape index (κ2) is 4.20. The van der Waals surface area contributed by atoms with E-state index in [1.165, 1.54) is 17.8 Å². The van der Waals surface area contributed by atoms with Crippen molar-refractivity contribution in [2.24, 2.45) is 11.8 Å². The van der Waals surface area contributed by atoms with E-state index in [9.17, 15) is 0 Å². The minimum atomic E-state index is 0.617. The van der Waals surface area contributed by atoms with Gasteiger partial charge in [-0.25, -0.2) is 0 Å². The number of allylic oxidation sites excluding steroid dienone is 2. The van der Waals surface area contributed by atoms with Crippen molar-refractivity contribution in [3.05, 3.63) is 23.5 Å². The van der Waals surface area contributed by atoms with Crippen molar-refractivity contribution in [3.8, 4) is 0 Å². The van der Waals surface area contributed by atoms with E-state index in [0.717, 1.165) is 6.54 Å². The predicted molar refractivity (Wildman–Crippen MR) is 62.8 cm³/mol. The quantitative estimate of drug-likeness (QED) is 0.659. The summed E-state index contributed by atoms with van der Waals surface area (Å²) in [6.07, 6.45) is 1.22. The summed E-state index contributed by atoms with van der Waals surface area (Å²) in [6.45, 7) is 16.4. The molecule has 0 unspecified atom stereocenters. The van der Waals surface area contributed by atoms with Gasteiger partial charge in [0.1, 0.15) is 0 Å². The molecule has 1 aliphatic rings. The summed E-state index contributed by atoms with van der Waals surface area (Å²) in [6, 6.07) is 0. The summed E-state index contributed by atoms with van der Waals surface area (Å²) in [4.78, 5) is 2.39. The first-order valence-corrected chi connectivity index (χ1v) is 5.61. The largest absolute Gasteiger partial charge is 0.349 e. The molecule has 0 aromatic rings. The number of hydrogen-bond acceptors (Lipinski definition) is 1. The van der Waals surface area contributed by atoms with Crippen LogP contribution in [0.2, 0.25) is 0 Å². The van der Waals surface area contributed by atoms with Gasteiger partial charge in [-0.3, -0.25) is 0 Å². The fraction of sp³-hybridized carbons (Fsp3) is 0.692. The van der Waals surface area contributed by atoms with Crippen LogP contribution in [-0.2, 0) is 0 Å². The van der Waals surface area contributed by atoms with E-state index < -0.39 is 0 Å². The van der Waals surface area contributed by atoms with Gasteiger partial charge >= 0.3 is 0 Å². The molecule has 0 aromatic heterocycles. The van der Waals surface area contributed by atoms with E-state index >= 15 is 0 Å². The lowest BCUT2D eigenvalue weighted by atomic mass is 9.96. The molecular weight excluding hydrogens is 170 g/mol. The van der Waals surface area contributed by atoms with Gasteiger partial charge in [0.15, 0.2) is 0 Å². The standard InChI is InChI=1S/C13H23N/c1-9(2)12-7-8-14(11(5)6)13(12)10(3)4/h9-10H,5,7-8H2,1-4,6H3. The molecule has 1 aliphatic heterocycles. The molecule has 1 heteroatoms. The molecule has 0 aromatic carbocycles. The highest BCUT2D eigenvalue weighted by Crippen LogP contribution is 2.34. The maximum Gasteiger partial charge on any atom is 0.0262 e. The molecule has 1 nitrogen and oxygen atoms in total. The van der Waals surface area contributed by atoms with E-state index in [0.29, 0.717) is 11.8 Å². The Bertz CT molecular complexity index is 258. The Hall–Kier alpha value is -0.720. The van der Waals surface area contributed by atoms with Crippen LogP contribution in [0.25, 0.3) is 0 Å². The molecule has 0 bridgehead atoms. The van der Waals surface area contributed by atoms with Crippen LogP contribution in [0.15, 0.2) is 23.5 Å². The lowest BCUT2D eigenvalue weighted by Gasteiger charge is -2.26. The van der Waals surface area contributed by atoms with Gasteiger partial charge < -0.3 is 4.90 Å². The molecule has 14 heavy (non-hydrogen) atoms. The van der Waals surface area contributed by atoms with Crippen LogP contribution in [0.3, 0.4) is 0 Å². The van der Waals surface area contributed by atoms with Crippen molar-refractivity contribution in [1.82, 2.24) is 4.90 Å². The summed E-state index contributed by atoms with van der Waals surface area (Å²) in [5, 5.41) is 0. The first kappa shape index (κ1) is 11.4. The van der Waals surface area contributed by atoms with E-state index in [1.807, 2.05) is 0 Å². The van der Waals surface area contributed by atoms with Crippen molar-refractivity contribution >= 4 is 0 Å². The summed E-state index contributed by atoms with van der Waals surface area (Å²) in [7, 11) is 0. The summed E-state index contributed by atoms with van der Waals surface area (Å²) in [5.41, 5.74) is 4.33. The SMILES string of the molecule is C=C(C)N1CCC(C(C)C)=C1C(C)C. The molecule has 0 N–H and O–H groups in total. The van der Waals surface area contributed by atoms with Crippen LogP contribution in [0.5, 0.6) is 0 Å². The van der Waals surface area contributed by atoms with E-state index in [1.54, 1.807) is 5.57 Å². The van der Waals surface area contributed by atoms with Gasteiger partial charge in [0.25, 0.3) is 0 Å². The zero-order valence-corrected chi connectivity index (χ0v) is 10.2. The summed E-state index contributed by atoms with van der Waals surface area (Å²) < 4.78 is 0. The maximum atomic E-state index is 4.06. The Balaban J connectivity index is 3.02. The van der Waals surface area contributed by atoms with Crippen molar-refractivity contribution in [1.29, 1.82) is 0 Å². The Labute approximate surface area is 88.5 Å². The molecule has 1 heterocycles. The molecule has 0 radical (unpaired) electrons. The van der Waals surface area contributed by atoms with Gasteiger partial charge in [-0.2, -0.15) is 0 Å². The molecule has 80 valence electrons. The second-order valence-electron chi connectivity index (χ2n) is 4.86. The lowest BCUT2D eigenvalue weighted by Crippen LogP contribution is -2.20. The maximum absolute atomic E-state index is 4.06. The highest BCUT2D eigenvalue weighted by molar-refractivity contribution is 5.26. The average Bonchev–Trinajstić information content (AvgIpc) is 2.46. The smallest absolute Gasteiger partial charge is 0.0262 e. The van der Waals surface area contributed by atoms with E-state index in [4.69, 9.17) is 0 Å². The van der Waals surface area contributed by atoms with Gasteiger partial charge in [0, 0.05) is 17.9 Å². The minimum absolute atomic E-state index is 0.617. The average molecular weight is 193 g/mol. The Morgan fingerprint density at radius 2 is 1.79 bits per heavy atom. The normalized spacial score (nSPS) is 17.5. The fourth-order valence-corrected chi connectivity index (χ4v) is 2.32. The molecule has 1 rings (SSSR count). The zero-order valence-electron chi connectivity index (χ0n) is 10.2. The topological polar surface area (TPSA) is 3.24 Å². The molecule has 0 aliphatic carbocycles. The molecule has 0 spiro atoms. The van der Waals surface area contributed by atoms with Gasteiger partial charge in [-0.1, -0.05) is 34.3 Å². The summed E-state index contributed by atoms with van der Waals surface area (Å²) >= 11 is 0. The lowest BCUT2D eigenvalue weighted by molar-refractivity contribution is 0.421. The monoisotopic (exact) mass is 193 g/mol. The second-order valence-corrected chi connectivity index (χ2v) is 4.86. The van der Waals surface area contributed by atoms with Crippen LogP contribution >= 0.6 is 0 Å². The minimum Gasteiger partial charge on any atom is -0.349 e. The van der Waals surface area contributed by atoms with Gasteiger partial charge in [-0.15, -0.1) is 0 Å². The fourth-order valence-electron chi connectivity index (χ4n) is 2.32. The molecular formula is C13H23N. The van der Waals surface area contributed by atoms with Crippen molar-refractivity contribution in [3.63, 3.8) is 0 Å². The molecule has 0 fully saturated rings. The summed E-state index contributed by atoms with van der Waals surface area (Å²) in [5.74, 6) is 1.29. The predicted octanol–water partition coefficient (Wildman–Crippen LogP) is 3.79. The van der Waals surface area contributed by atoms with Gasteiger partial charge in [0.2, 0.25) is 0 Å². The first-order chi connectivity index (χ1) is 6.45. The van der Waals surface area contributed by atoms with Gasteiger partial charge in [0.05, 0.1) is 0 Å². The zero-order chi connectivity index (χ0) is 10.9.